The number of carbonyl (C=O) groups excluding carboxylic acids is 1. The van der Waals surface area contributed by atoms with E-state index in [0.29, 0.717) is 31.0 Å². The standard InChI is InChI=1S/C15H17N3O2/c16-12-4-3-6-14(10-12)20-9-7-15(19)18-11-13-5-1-2-8-17-13/h1-6,8,10H,7,9,11,16H2,(H,18,19). The van der Waals surface area contributed by atoms with Crippen molar-refractivity contribution in [2.24, 2.45) is 0 Å². The number of nitrogens with zero attached hydrogens (tertiary/aromatic N) is 1. The van der Waals surface area contributed by atoms with Crippen LogP contribution in [-0.4, -0.2) is 17.5 Å². The van der Waals surface area contributed by atoms with Gasteiger partial charge in [-0.3, -0.25) is 9.78 Å². The van der Waals surface area contributed by atoms with Gasteiger partial charge in [-0.15, -0.1) is 0 Å². The van der Waals surface area contributed by atoms with Crippen LogP contribution in [0.15, 0.2) is 48.7 Å². The molecule has 104 valence electrons. The fourth-order valence-corrected chi connectivity index (χ4v) is 1.65. The van der Waals surface area contributed by atoms with E-state index in [-0.39, 0.29) is 5.91 Å². The second-order valence-electron chi connectivity index (χ2n) is 4.27. The van der Waals surface area contributed by atoms with E-state index in [9.17, 15) is 4.79 Å². The van der Waals surface area contributed by atoms with Gasteiger partial charge in [0.05, 0.1) is 25.3 Å². The predicted octanol–water partition coefficient (Wildman–Crippen LogP) is 1.75. The minimum absolute atomic E-state index is 0.0699. The Morgan fingerprint density at radius 1 is 1.25 bits per heavy atom. The maximum atomic E-state index is 11.6. The number of nitrogens with two attached hydrogens (primary N) is 1. The van der Waals surface area contributed by atoms with Crippen LogP contribution in [0.3, 0.4) is 0 Å². The summed E-state index contributed by atoms with van der Waals surface area (Å²) < 4.78 is 5.45. The predicted molar refractivity (Wildman–Crippen MR) is 77.1 cm³/mol. The van der Waals surface area contributed by atoms with Crippen LogP contribution in [0.2, 0.25) is 0 Å². The van der Waals surface area contributed by atoms with Crippen molar-refractivity contribution in [1.82, 2.24) is 10.3 Å². The second kappa shape index (κ2) is 7.13. The molecular formula is C15H17N3O2. The van der Waals surface area contributed by atoms with Gasteiger partial charge in [0.15, 0.2) is 0 Å². The van der Waals surface area contributed by atoms with Crippen LogP contribution in [0.1, 0.15) is 12.1 Å². The van der Waals surface area contributed by atoms with E-state index in [1.54, 1.807) is 18.3 Å². The van der Waals surface area contributed by atoms with Gasteiger partial charge in [0.1, 0.15) is 5.75 Å². The molecule has 0 bridgehead atoms. The Hall–Kier alpha value is -2.56. The molecule has 1 aromatic carbocycles. The minimum atomic E-state index is -0.0699. The normalized spacial score (nSPS) is 10.0. The zero-order valence-corrected chi connectivity index (χ0v) is 11.1. The third kappa shape index (κ3) is 4.61. The number of aromatic nitrogens is 1. The summed E-state index contributed by atoms with van der Waals surface area (Å²) >= 11 is 0. The number of amides is 1. The number of nitrogens with one attached hydrogen (secondary N) is 1. The fraction of sp³-hybridized carbons (Fsp3) is 0.200. The van der Waals surface area contributed by atoms with Gasteiger partial charge < -0.3 is 15.8 Å². The molecule has 0 spiro atoms. The Kier molecular flexibility index (Phi) is 4.94. The highest BCUT2D eigenvalue weighted by atomic mass is 16.5. The first-order valence-corrected chi connectivity index (χ1v) is 6.39. The summed E-state index contributed by atoms with van der Waals surface area (Å²) in [7, 11) is 0. The van der Waals surface area contributed by atoms with Crippen molar-refractivity contribution in [2.75, 3.05) is 12.3 Å². The van der Waals surface area contributed by atoms with Crippen molar-refractivity contribution in [2.45, 2.75) is 13.0 Å². The zero-order valence-electron chi connectivity index (χ0n) is 11.1. The number of hydrogen-bond donors (Lipinski definition) is 2. The summed E-state index contributed by atoms with van der Waals surface area (Å²) in [5, 5.41) is 2.79. The molecule has 1 amide bonds. The summed E-state index contributed by atoms with van der Waals surface area (Å²) in [4.78, 5) is 15.8. The van der Waals surface area contributed by atoms with E-state index in [4.69, 9.17) is 10.5 Å². The number of carbonyl (C=O) groups is 1. The maximum absolute atomic E-state index is 11.6. The number of hydrogen-bond acceptors (Lipinski definition) is 4. The van der Waals surface area contributed by atoms with Gasteiger partial charge in [0.2, 0.25) is 5.91 Å². The summed E-state index contributed by atoms with van der Waals surface area (Å²) in [6, 6.07) is 12.7. The monoisotopic (exact) mass is 271 g/mol. The average molecular weight is 271 g/mol. The molecule has 0 saturated carbocycles. The van der Waals surface area contributed by atoms with E-state index >= 15 is 0 Å². The Labute approximate surface area is 117 Å². The van der Waals surface area contributed by atoms with Crippen LogP contribution in [0.4, 0.5) is 5.69 Å². The number of pyridine rings is 1. The maximum Gasteiger partial charge on any atom is 0.223 e. The van der Waals surface area contributed by atoms with Crippen molar-refractivity contribution in [3.8, 4) is 5.75 Å². The van der Waals surface area contributed by atoms with E-state index in [2.05, 4.69) is 10.3 Å². The van der Waals surface area contributed by atoms with Crippen molar-refractivity contribution >= 4 is 11.6 Å². The zero-order chi connectivity index (χ0) is 14.2. The largest absolute Gasteiger partial charge is 0.493 e. The van der Waals surface area contributed by atoms with E-state index in [1.165, 1.54) is 0 Å². The number of anilines is 1. The first-order chi connectivity index (χ1) is 9.74. The Morgan fingerprint density at radius 3 is 2.90 bits per heavy atom. The van der Waals surface area contributed by atoms with Crippen molar-refractivity contribution in [3.05, 3.63) is 54.4 Å². The lowest BCUT2D eigenvalue weighted by atomic mass is 10.3. The lowest BCUT2D eigenvalue weighted by molar-refractivity contribution is -0.121. The van der Waals surface area contributed by atoms with Crippen LogP contribution in [0, 0.1) is 0 Å². The number of ether oxygens (including phenoxy) is 1. The Morgan fingerprint density at radius 2 is 2.15 bits per heavy atom. The topological polar surface area (TPSA) is 77.2 Å². The van der Waals surface area contributed by atoms with Crippen LogP contribution >= 0.6 is 0 Å². The molecule has 0 aliphatic rings. The van der Waals surface area contributed by atoms with Gasteiger partial charge >= 0.3 is 0 Å². The molecule has 3 N–H and O–H groups in total. The summed E-state index contributed by atoms with van der Waals surface area (Å²) in [6.07, 6.45) is 1.99. The highest BCUT2D eigenvalue weighted by Gasteiger charge is 2.02. The third-order valence-electron chi connectivity index (χ3n) is 2.65. The molecule has 0 aliphatic heterocycles. The lowest BCUT2D eigenvalue weighted by Gasteiger charge is -2.07. The summed E-state index contributed by atoms with van der Waals surface area (Å²) in [5.41, 5.74) is 7.11. The van der Waals surface area contributed by atoms with Gasteiger partial charge in [-0.25, -0.2) is 0 Å². The highest BCUT2D eigenvalue weighted by Crippen LogP contribution is 2.14. The molecule has 0 unspecified atom stereocenters. The highest BCUT2D eigenvalue weighted by molar-refractivity contribution is 5.75. The van der Waals surface area contributed by atoms with Gasteiger partial charge in [0.25, 0.3) is 0 Å². The van der Waals surface area contributed by atoms with Gasteiger partial charge in [-0.2, -0.15) is 0 Å². The molecule has 5 nitrogen and oxygen atoms in total. The molecule has 0 fully saturated rings. The number of rotatable bonds is 6. The van der Waals surface area contributed by atoms with Crippen LogP contribution < -0.4 is 15.8 Å². The molecule has 0 atom stereocenters. The van der Waals surface area contributed by atoms with Crippen molar-refractivity contribution in [1.29, 1.82) is 0 Å². The molecule has 0 aliphatic carbocycles. The lowest BCUT2D eigenvalue weighted by Crippen LogP contribution is -2.24. The molecular weight excluding hydrogens is 254 g/mol. The summed E-state index contributed by atoms with van der Waals surface area (Å²) in [5.74, 6) is 0.599. The van der Waals surface area contributed by atoms with Crippen LogP contribution in [0.25, 0.3) is 0 Å². The minimum Gasteiger partial charge on any atom is -0.493 e. The molecule has 2 aromatic rings. The van der Waals surface area contributed by atoms with Crippen LogP contribution in [-0.2, 0) is 11.3 Å². The van der Waals surface area contributed by atoms with E-state index < -0.39 is 0 Å². The smallest absolute Gasteiger partial charge is 0.223 e. The molecule has 1 aromatic heterocycles. The molecule has 2 rings (SSSR count). The first-order valence-electron chi connectivity index (χ1n) is 6.39. The number of nitrogen functional groups attached to an aromatic ring is 1. The van der Waals surface area contributed by atoms with Gasteiger partial charge in [-0.05, 0) is 24.3 Å². The van der Waals surface area contributed by atoms with E-state index in [0.717, 1.165) is 5.69 Å². The number of benzene rings is 1. The molecule has 1 heterocycles. The quantitative estimate of drug-likeness (QED) is 0.785. The van der Waals surface area contributed by atoms with Crippen molar-refractivity contribution in [3.63, 3.8) is 0 Å². The van der Waals surface area contributed by atoms with Crippen LogP contribution in [0.5, 0.6) is 5.75 Å². The summed E-state index contributed by atoms with van der Waals surface area (Å²) in [6.45, 7) is 0.745. The van der Waals surface area contributed by atoms with Crippen molar-refractivity contribution < 1.29 is 9.53 Å². The first kappa shape index (κ1) is 13.9. The molecule has 0 radical (unpaired) electrons. The molecule has 5 heteroatoms. The van der Waals surface area contributed by atoms with Gasteiger partial charge in [-0.1, -0.05) is 12.1 Å². The Bertz CT molecular complexity index is 558. The van der Waals surface area contributed by atoms with E-state index in [1.807, 2.05) is 30.3 Å². The molecule has 0 saturated heterocycles. The average Bonchev–Trinajstić information content (AvgIpc) is 2.46. The third-order valence-corrected chi connectivity index (χ3v) is 2.65. The van der Waals surface area contributed by atoms with Gasteiger partial charge in [0, 0.05) is 18.0 Å². The second-order valence-corrected chi connectivity index (χ2v) is 4.27. The fourth-order valence-electron chi connectivity index (χ4n) is 1.65. The molecule has 20 heavy (non-hydrogen) atoms. The SMILES string of the molecule is Nc1cccc(OCCC(=O)NCc2ccccn2)c1. The Balaban J connectivity index is 1.68.